The van der Waals surface area contributed by atoms with E-state index in [-0.39, 0.29) is 34.6 Å². The Morgan fingerprint density at radius 2 is 1.58 bits per heavy atom. The highest BCUT2D eigenvalue weighted by atomic mass is 32.2. The van der Waals surface area contributed by atoms with Gasteiger partial charge in [0.15, 0.2) is 0 Å². The van der Waals surface area contributed by atoms with Crippen LogP contribution in [0.5, 0.6) is 0 Å². The second kappa shape index (κ2) is 14.8. The lowest BCUT2D eigenvalue weighted by atomic mass is 9.73. The normalized spacial score (nSPS) is 34.4. The summed E-state index contributed by atoms with van der Waals surface area (Å²) in [5, 5.41) is 8.43. The molecule has 3 aliphatic heterocycles. The highest BCUT2D eigenvalue weighted by molar-refractivity contribution is 7.91. The van der Waals surface area contributed by atoms with Gasteiger partial charge in [-0.25, -0.2) is 8.42 Å². The third-order valence-electron chi connectivity index (χ3n) is 15.6. The van der Waals surface area contributed by atoms with Gasteiger partial charge in [0.2, 0.25) is 33.7 Å². The summed E-state index contributed by atoms with van der Waals surface area (Å²) in [6, 6.07) is -3.37. The molecule has 3 saturated heterocycles. The van der Waals surface area contributed by atoms with E-state index in [1.165, 1.54) is 0 Å². The van der Waals surface area contributed by atoms with Crippen molar-refractivity contribution < 1.29 is 32.4 Å². The molecule has 0 radical (unpaired) electrons. The van der Waals surface area contributed by atoms with Crippen LogP contribution in [0.15, 0.2) is 24.8 Å². The van der Waals surface area contributed by atoms with Gasteiger partial charge in [-0.3, -0.25) is 33.6 Å². The van der Waals surface area contributed by atoms with Crippen LogP contribution in [0.2, 0.25) is 0 Å². The number of fused-ring (bicyclic) bond motifs is 2. The molecule has 0 unspecified atom stereocenters. The maximum Gasteiger partial charge on any atom is 0.259 e. The number of rotatable bonds is 9. The fourth-order valence-corrected chi connectivity index (χ4v) is 12.8. The minimum atomic E-state index is -3.87. The van der Waals surface area contributed by atoms with Crippen LogP contribution >= 0.6 is 0 Å². The first-order valence-corrected chi connectivity index (χ1v) is 23.1. The van der Waals surface area contributed by atoms with Crippen LogP contribution in [-0.2, 0) is 34.0 Å². The van der Waals surface area contributed by atoms with Crippen molar-refractivity contribution in [1.29, 1.82) is 0 Å². The number of sulfonamides is 1. The Bertz CT molecular complexity index is 1810. The molecule has 0 bridgehead atoms. The Morgan fingerprint density at radius 1 is 0.912 bits per heavy atom. The molecule has 4 aliphatic carbocycles. The monoisotopic (exact) mass is 810 g/mol. The number of hydrogen-bond acceptors (Lipinski definition) is 8. The summed E-state index contributed by atoms with van der Waals surface area (Å²) in [4.78, 5) is 75.6. The molecule has 57 heavy (non-hydrogen) atoms. The molecule has 3 heterocycles. The van der Waals surface area contributed by atoms with Gasteiger partial charge in [-0.05, 0) is 106 Å². The van der Waals surface area contributed by atoms with Crippen molar-refractivity contribution in [3.8, 4) is 0 Å². The van der Waals surface area contributed by atoms with E-state index in [9.17, 15) is 27.6 Å². The highest BCUT2D eigenvalue weighted by Gasteiger charge is 2.85. The van der Waals surface area contributed by atoms with E-state index in [1.807, 2.05) is 20.8 Å². The largest absolute Gasteiger partial charge is 0.342 e. The molecule has 7 fully saturated rings. The molecule has 13 nitrogen and oxygen atoms in total. The lowest BCUT2D eigenvalue weighted by Gasteiger charge is -2.38. The number of amides is 5. The number of nitrogens with one attached hydrogen (secondary N) is 4. The molecule has 316 valence electrons. The predicted octanol–water partition coefficient (Wildman–Crippen LogP) is 3.84. The van der Waals surface area contributed by atoms with Crippen molar-refractivity contribution in [2.24, 2.45) is 27.6 Å². The molecule has 7 aliphatic rings. The van der Waals surface area contributed by atoms with Crippen molar-refractivity contribution in [3.63, 3.8) is 0 Å². The zero-order valence-electron chi connectivity index (χ0n) is 34.8. The van der Waals surface area contributed by atoms with Crippen molar-refractivity contribution in [2.75, 3.05) is 19.6 Å². The van der Waals surface area contributed by atoms with Gasteiger partial charge in [0, 0.05) is 17.9 Å². The van der Waals surface area contributed by atoms with Crippen molar-refractivity contribution in [1.82, 2.24) is 30.5 Å². The third-order valence-corrected chi connectivity index (χ3v) is 17.4. The Labute approximate surface area is 339 Å². The fraction of sp³-hybridized carbons (Fsp3) is 0.791. The van der Waals surface area contributed by atoms with Crippen LogP contribution in [0.3, 0.4) is 0 Å². The minimum Gasteiger partial charge on any atom is -0.342 e. The molecule has 7 rings (SSSR count). The van der Waals surface area contributed by atoms with E-state index >= 15 is 4.79 Å². The third kappa shape index (κ3) is 7.16. The summed E-state index contributed by atoms with van der Waals surface area (Å²) in [6.45, 7) is 20.2. The first-order chi connectivity index (χ1) is 26.7. The first-order valence-electron chi connectivity index (χ1n) is 21.6. The Kier molecular flexibility index (Phi) is 10.9. The van der Waals surface area contributed by atoms with E-state index in [1.54, 1.807) is 11.0 Å². The predicted molar refractivity (Wildman–Crippen MR) is 217 cm³/mol. The molecule has 5 amide bonds. The maximum atomic E-state index is 15.2. The maximum absolute atomic E-state index is 15.2. The van der Waals surface area contributed by atoms with E-state index in [0.29, 0.717) is 37.8 Å². The average molecular weight is 811 g/mol. The van der Waals surface area contributed by atoms with Crippen molar-refractivity contribution in [3.05, 3.63) is 24.8 Å². The molecule has 7 atom stereocenters. The minimum absolute atomic E-state index is 0.0205. The molecular weight excluding hydrogens is 745 g/mol. The molecule has 4 N–H and O–H groups in total. The zero-order chi connectivity index (χ0) is 41.3. The standard InChI is InChI=1S/C43H66N6O7S/c1-8-28-24-43(28,38(54)47-57(55,56)29-18-19-29)46-35(51)31-25-42(40(6,7)41(42)20-15-21-41)26-49(31)37(53)33(39(3,4)5)45-36(52)32-27(2)16-11-9-10-13-22-48-23-14-12-17-30(48)34(50)44-32/h8,28-33H,1-2,9-26H2,3-7H3,(H,44,50)(H,45,52)(H,46,51)(H,47,54)/t28-,30+,31+,32+,33-,42-,43-/m1/s1. The number of carbonyl (C=O) groups excluding carboxylic acids is 5. The van der Waals surface area contributed by atoms with Gasteiger partial charge in [0.05, 0.1) is 11.3 Å². The number of likely N-dealkylation sites (tertiary alicyclic amines) is 1. The summed E-state index contributed by atoms with van der Waals surface area (Å²) in [5.74, 6) is -2.87. The van der Waals surface area contributed by atoms with Gasteiger partial charge < -0.3 is 20.9 Å². The molecule has 0 aromatic heterocycles. The topological polar surface area (TPSA) is 174 Å². The van der Waals surface area contributed by atoms with E-state index in [4.69, 9.17) is 0 Å². The summed E-state index contributed by atoms with van der Waals surface area (Å²) in [7, 11) is -3.87. The molecule has 4 saturated carbocycles. The summed E-state index contributed by atoms with van der Waals surface area (Å²) in [6.07, 6.45) is 13.4. The van der Waals surface area contributed by atoms with Crippen molar-refractivity contribution >= 4 is 39.6 Å². The highest BCUT2D eigenvalue weighted by Crippen LogP contribution is 2.88. The Balaban J connectivity index is 1.15. The van der Waals surface area contributed by atoms with Gasteiger partial charge in [0.1, 0.15) is 23.7 Å². The second-order valence-corrected chi connectivity index (χ2v) is 22.1. The summed E-state index contributed by atoms with van der Waals surface area (Å²) < 4.78 is 27.9. The second-order valence-electron chi connectivity index (χ2n) is 20.1. The van der Waals surface area contributed by atoms with Crippen molar-refractivity contribution in [2.45, 2.75) is 166 Å². The van der Waals surface area contributed by atoms with Gasteiger partial charge in [0.25, 0.3) is 5.91 Å². The SMILES string of the molecule is C=C[C@@H]1C[C@]1(NC(=O)[C@@H]1C[C@@]2(CN1C(=O)[C@@H](NC(=O)[C@H]1NC(=O)[C@@H]3CCCCN3CCCCCCC1=C)C(C)(C)C)C(C)(C)C21CCC1)C(=O)NS(=O)(=O)C1CC1. The molecule has 2 spiro atoms. The van der Waals surface area contributed by atoms with Crippen LogP contribution in [0.4, 0.5) is 0 Å². The Hall–Kier alpha value is -3.26. The van der Waals surface area contributed by atoms with E-state index in [2.05, 4.69) is 52.6 Å². The smallest absolute Gasteiger partial charge is 0.259 e. The number of nitrogens with zero attached hydrogens (tertiary/aromatic N) is 2. The molecular formula is C43H66N6O7S. The van der Waals surface area contributed by atoms with Crippen LogP contribution < -0.4 is 20.7 Å². The van der Waals surface area contributed by atoms with Crippen LogP contribution in [0.1, 0.15) is 131 Å². The quantitative estimate of drug-likeness (QED) is 0.254. The first kappa shape index (κ1) is 41.9. The zero-order valence-corrected chi connectivity index (χ0v) is 35.7. The lowest BCUT2D eigenvalue weighted by molar-refractivity contribution is -0.145. The molecule has 14 heteroatoms. The van der Waals surface area contributed by atoms with Crippen LogP contribution in [0.25, 0.3) is 0 Å². The lowest BCUT2D eigenvalue weighted by Crippen LogP contribution is -2.62. The van der Waals surface area contributed by atoms with E-state index in [0.717, 1.165) is 77.3 Å². The Morgan fingerprint density at radius 3 is 2.16 bits per heavy atom. The summed E-state index contributed by atoms with van der Waals surface area (Å²) >= 11 is 0. The number of piperidine rings is 1. The van der Waals surface area contributed by atoms with Crippen LogP contribution in [-0.4, -0.2) is 102 Å². The van der Waals surface area contributed by atoms with Gasteiger partial charge >= 0.3 is 0 Å². The number of carbonyl (C=O) groups is 5. The van der Waals surface area contributed by atoms with Crippen LogP contribution in [0, 0.1) is 27.6 Å². The number of hydrogen-bond donors (Lipinski definition) is 4. The van der Waals surface area contributed by atoms with Gasteiger partial charge in [-0.1, -0.05) is 73.0 Å². The van der Waals surface area contributed by atoms with Gasteiger partial charge in [-0.15, -0.1) is 6.58 Å². The fourth-order valence-electron chi connectivity index (χ4n) is 11.4. The molecule has 0 aromatic carbocycles. The van der Waals surface area contributed by atoms with Gasteiger partial charge in [-0.2, -0.15) is 0 Å². The summed E-state index contributed by atoms with van der Waals surface area (Å²) in [5.41, 5.74) is -2.19. The molecule has 0 aromatic rings. The van der Waals surface area contributed by atoms with E-state index < -0.39 is 73.9 Å². The average Bonchev–Trinajstić information content (AvgIpc) is 4.07.